The van der Waals surface area contributed by atoms with E-state index in [-0.39, 0.29) is 11.4 Å². The molecule has 3 heteroatoms. The lowest BCUT2D eigenvalue weighted by atomic mass is 9.97. The van der Waals surface area contributed by atoms with Gasteiger partial charge in [0.05, 0.1) is 0 Å². The highest BCUT2D eigenvalue weighted by Crippen LogP contribution is 2.22. The largest absolute Gasteiger partial charge is 0.335 e. The Morgan fingerprint density at radius 2 is 1.90 bits per heavy atom. The topological polar surface area (TPSA) is 23.6 Å². The van der Waals surface area contributed by atoms with Gasteiger partial charge in [0, 0.05) is 31.6 Å². The van der Waals surface area contributed by atoms with Gasteiger partial charge in [-0.15, -0.1) is 0 Å². The lowest BCUT2D eigenvalue weighted by Crippen LogP contribution is -2.60. The van der Waals surface area contributed by atoms with Crippen molar-refractivity contribution in [3.63, 3.8) is 0 Å². The number of aryl methyl sites for hydroxylation is 1. The Labute approximate surface area is 122 Å². The second kappa shape index (κ2) is 6.40. The number of hydrogen-bond donors (Lipinski definition) is 0. The standard InChI is InChI=1S/C17H26N2O/c1-4-18-12-13-19(17(2,3)14-18)16(20)11-10-15-8-6-5-7-9-15/h5-9H,4,10-14H2,1-3H3. The smallest absolute Gasteiger partial charge is 0.223 e. The van der Waals surface area contributed by atoms with Crippen molar-refractivity contribution in [1.82, 2.24) is 9.80 Å². The third kappa shape index (κ3) is 3.60. The average Bonchev–Trinajstić information content (AvgIpc) is 2.44. The number of benzene rings is 1. The van der Waals surface area contributed by atoms with Crippen molar-refractivity contribution in [3.05, 3.63) is 35.9 Å². The van der Waals surface area contributed by atoms with Gasteiger partial charge < -0.3 is 4.90 Å². The predicted molar refractivity (Wildman–Crippen MR) is 82.7 cm³/mol. The van der Waals surface area contributed by atoms with Crippen LogP contribution in [0.4, 0.5) is 0 Å². The zero-order valence-electron chi connectivity index (χ0n) is 12.9. The van der Waals surface area contributed by atoms with Crippen molar-refractivity contribution in [2.24, 2.45) is 0 Å². The van der Waals surface area contributed by atoms with Crippen molar-refractivity contribution in [2.75, 3.05) is 26.2 Å². The first kappa shape index (κ1) is 15.0. The molecule has 1 fully saturated rings. The number of piperazine rings is 1. The maximum Gasteiger partial charge on any atom is 0.223 e. The molecular weight excluding hydrogens is 248 g/mol. The molecule has 2 rings (SSSR count). The van der Waals surface area contributed by atoms with Crippen LogP contribution in [-0.4, -0.2) is 47.4 Å². The van der Waals surface area contributed by atoms with E-state index in [9.17, 15) is 4.79 Å². The van der Waals surface area contributed by atoms with Crippen LogP contribution in [0.1, 0.15) is 32.8 Å². The number of nitrogens with zero attached hydrogens (tertiary/aromatic N) is 2. The first-order valence-electron chi connectivity index (χ1n) is 7.59. The van der Waals surface area contributed by atoms with E-state index in [0.717, 1.165) is 32.6 Å². The quantitative estimate of drug-likeness (QED) is 0.842. The summed E-state index contributed by atoms with van der Waals surface area (Å²) in [4.78, 5) is 17.0. The number of carbonyl (C=O) groups is 1. The second-order valence-electron chi connectivity index (χ2n) is 6.21. The molecule has 1 saturated heterocycles. The monoisotopic (exact) mass is 274 g/mol. The molecule has 1 aromatic rings. The Kier molecular flexibility index (Phi) is 4.81. The molecular formula is C17H26N2O. The van der Waals surface area contributed by atoms with Crippen LogP contribution in [0.3, 0.4) is 0 Å². The average molecular weight is 274 g/mol. The summed E-state index contributed by atoms with van der Waals surface area (Å²) in [6.45, 7) is 10.4. The summed E-state index contributed by atoms with van der Waals surface area (Å²) < 4.78 is 0. The molecule has 0 N–H and O–H groups in total. The highest BCUT2D eigenvalue weighted by molar-refractivity contribution is 5.77. The minimum Gasteiger partial charge on any atom is -0.335 e. The van der Waals surface area contributed by atoms with Gasteiger partial charge in [0.15, 0.2) is 0 Å². The SMILES string of the molecule is CCN1CCN(C(=O)CCc2ccccc2)C(C)(C)C1. The lowest BCUT2D eigenvalue weighted by Gasteiger charge is -2.47. The van der Waals surface area contributed by atoms with Gasteiger partial charge in [-0.2, -0.15) is 0 Å². The van der Waals surface area contributed by atoms with Gasteiger partial charge in [0.2, 0.25) is 5.91 Å². The molecule has 0 aliphatic carbocycles. The Bertz CT molecular complexity index is 442. The van der Waals surface area contributed by atoms with Gasteiger partial charge in [-0.25, -0.2) is 0 Å². The molecule has 0 saturated carbocycles. The van der Waals surface area contributed by atoms with Crippen molar-refractivity contribution in [2.45, 2.75) is 39.2 Å². The van der Waals surface area contributed by atoms with Crippen LogP contribution in [0.25, 0.3) is 0 Å². The summed E-state index contributed by atoms with van der Waals surface area (Å²) in [5.74, 6) is 0.287. The summed E-state index contributed by atoms with van der Waals surface area (Å²) >= 11 is 0. The Balaban J connectivity index is 1.92. The number of carbonyl (C=O) groups excluding carboxylic acids is 1. The van der Waals surface area contributed by atoms with E-state index in [4.69, 9.17) is 0 Å². The van der Waals surface area contributed by atoms with Crippen molar-refractivity contribution in [1.29, 1.82) is 0 Å². The summed E-state index contributed by atoms with van der Waals surface area (Å²) in [6, 6.07) is 10.3. The number of hydrogen-bond acceptors (Lipinski definition) is 2. The van der Waals surface area contributed by atoms with Crippen LogP contribution >= 0.6 is 0 Å². The minimum absolute atomic E-state index is 0.0535. The van der Waals surface area contributed by atoms with Crippen molar-refractivity contribution < 1.29 is 4.79 Å². The van der Waals surface area contributed by atoms with Crippen LogP contribution < -0.4 is 0 Å². The van der Waals surface area contributed by atoms with E-state index in [1.54, 1.807) is 0 Å². The van der Waals surface area contributed by atoms with Crippen LogP contribution in [0.5, 0.6) is 0 Å². The van der Waals surface area contributed by atoms with E-state index in [0.29, 0.717) is 6.42 Å². The van der Waals surface area contributed by atoms with E-state index >= 15 is 0 Å². The van der Waals surface area contributed by atoms with Crippen LogP contribution in [0.2, 0.25) is 0 Å². The van der Waals surface area contributed by atoms with E-state index in [1.165, 1.54) is 5.56 Å². The zero-order chi connectivity index (χ0) is 14.6. The molecule has 1 heterocycles. The fourth-order valence-electron chi connectivity index (χ4n) is 3.02. The van der Waals surface area contributed by atoms with E-state index in [1.807, 2.05) is 18.2 Å². The Morgan fingerprint density at radius 3 is 2.50 bits per heavy atom. The summed E-state index contributed by atoms with van der Waals surface area (Å²) in [6.07, 6.45) is 1.45. The molecule has 1 aromatic carbocycles. The Hall–Kier alpha value is -1.35. The fourth-order valence-corrected chi connectivity index (χ4v) is 3.02. The second-order valence-corrected chi connectivity index (χ2v) is 6.21. The molecule has 0 spiro atoms. The van der Waals surface area contributed by atoms with Crippen molar-refractivity contribution >= 4 is 5.91 Å². The Morgan fingerprint density at radius 1 is 1.20 bits per heavy atom. The van der Waals surface area contributed by atoms with Gasteiger partial charge in [-0.1, -0.05) is 37.3 Å². The van der Waals surface area contributed by atoms with E-state index in [2.05, 4.69) is 42.7 Å². The van der Waals surface area contributed by atoms with Gasteiger partial charge in [0.1, 0.15) is 0 Å². The third-order valence-electron chi connectivity index (χ3n) is 4.20. The molecule has 0 atom stereocenters. The fraction of sp³-hybridized carbons (Fsp3) is 0.588. The predicted octanol–water partition coefficient (Wildman–Crippen LogP) is 2.56. The maximum absolute atomic E-state index is 12.5. The first-order chi connectivity index (χ1) is 9.53. The highest BCUT2D eigenvalue weighted by Gasteiger charge is 2.35. The molecule has 20 heavy (non-hydrogen) atoms. The van der Waals surface area contributed by atoms with Crippen LogP contribution in [-0.2, 0) is 11.2 Å². The third-order valence-corrected chi connectivity index (χ3v) is 4.20. The lowest BCUT2D eigenvalue weighted by molar-refractivity contribution is -0.140. The van der Waals surface area contributed by atoms with Gasteiger partial charge >= 0.3 is 0 Å². The molecule has 0 bridgehead atoms. The molecule has 110 valence electrons. The summed E-state index contributed by atoms with van der Waals surface area (Å²) in [7, 11) is 0. The normalized spacial score (nSPS) is 19.1. The number of likely N-dealkylation sites (N-methyl/N-ethyl adjacent to an activating group) is 1. The van der Waals surface area contributed by atoms with E-state index < -0.39 is 0 Å². The molecule has 1 aliphatic heterocycles. The number of amides is 1. The van der Waals surface area contributed by atoms with Gasteiger partial charge in [-0.3, -0.25) is 9.69 Å². The molecule has 0 aromatic heterocycles. The van der Waals surface area contributed by atoms with Gasteiger partial charge in [-0.05, 0) is 32.4 Å². The van der Waals surface area contributed by atoms with Crippen LogP contribution in [0, 0.1) is 0 Å². The molecule has 1 aliphatic rings. The maximum atomic E-state index is 12.5. The first-order valence-corrected chi connectivity index (χ1v) is 7.59. The summed E-state index contributed by atoms with van der Waals surface area (Å²) in [5, 5.41) is 0. The molecule has 3 nitrogen and oxygen atoms in total. The minimum atomic E-state index is -0.0535. The van der Waals surface area contributed by atoms with Crippen molar-refractivity contribution in [3.8, 4) is 0 Å². The molecule has 0 unspecified atom stereocenters. The zero-order valence-corrected chi connectivity index (χ0v) is 12.9. The molecule has 0 radical (unpaired) electrons. The van der Waals surface area contributed by atoms with Crippen LogP contribution in [0.15, 0.2) is 30.3 Å². The summed E-state index contributed by atoms with van der Waals surface area (Å²) in [5.41, 5.74) is 1.19. The molecule has 1 amide bonds. The van der Waals surface area contributed by atoms with Gasteiger partial charge in [0.25, 0.3) is 0 Å². The highest BCUT2D eigenvalue weighted by atomic mass is 16.2. The number of rotatable bonds is 4.